The van der Waals surface area contributed by atoms with Crippen LogP contribution in [-0.4, -0.2) is 62.5 Å². The largest absolute Gasteiger partial charge is 0.504 e. The van der Waals surface area contributed by atoms with E-state index in [2.05, 4.69) is 51.5 Å². The van der Waals surface area contributed by atoms with Crippen molar-refractivity contribution in [3.63, 3.8) is 0 Å². The fraction of sp³-hybridized carbons (Fsp3) is 0.167. The molecule has 8 N–H and O–H groups in total. The van der Waals surface area contributed by atoms with Crippen molar-refractivity contribution in [1.82, 2.24) is 20.4 Å². The molecule has 0 bridgehead atoms. The monoisotopic (exact) mass is 692 g/mol. The van der Waals surface area contributed by atoms with Gasteiger partial charge in [0.15, 0.2) is 22.9 Å². The standard InChI is InChI=1S/2C12H12N6O5.Cr/c2*1-5-10(12(21)17-14-5)16-15-9-4-7(18(22)23)3-8(11(9)20)13-6(2)19;/h2*3-4,20H,1-2H3,(H,13,19)(H2,14,17,21);. The average molecular weight is 693 g/mol. The zero-order valence-corrected chi connectivity index (χ0v) is 25.8. The van der Waals surface area contributed by atoms with Crippen LogP contribution < -0.4 is 10.6 Å². The summed E-state index contributed by atoms with van der Waals surface area (Å²) in [5.41, 5.74) is -0.888. The Morgan fingerprint density at radius 1 is 0.702 bits per heavy atom. The maximum atomic E-state index is 11.1. The molecule has 0 saturated carbocycles. The molecular weight excluding hydrogens is 668 g/mol. The first-order valence-corrected chi connectivity index (χ1v) is 12.5. The molecular formula is C24H24CrN12O10. The van der Waals surface area contributed by atoms with Gasteiger partial charge in [0.05, 0.1) is 32.6 Å². The predicted molar refractivity (Wildman–Crippen MR) is 156 cm³/mol. The van der Waals surface area contributed by atoms with Crippen LogP contribution in [0.5, 0.6) is 23.3 Å². The minimum absolute atomic E-state index is 0. The van der Waals surface area contributed by atoms with Crippen molar-refractivity contribution in [2.45, 2.75) is 27.7 Å². The number of aromatic nitrogens is 4. The molecule has 2 heterocycles. The van der Waals surface area contributed by atoms with E-state index in [1.54, 1.807) is 13.8 Å². The number of carbonyl (C=O) groups excluding carboxylic acids is 2. The third-order valence-corrected chi connectivity index (χ3v) is 5.50. The molecule has 2 aromatic carbocycles. The van der Waals surface area contributed by atoms with Crippen LogP contribution in [0.3, 0.4) is 0 Å². The summed E-state index contributed by atoms with van der Waals surface area (Å²) in [6, 6.07) is 3.96. The number of nitro groups is 2. The number of amides is 2. The number of nitrogens with zero attached hydrogens (tertiary/aromatic N) is 8. The molecule has 22 nitrogen and oxygen atoms in total. The van der Waals surface area contributed by atoms with E-state index >= 15 is 0 Å². The first kappa shape index (κ1) is 36.7. The molecule has 246 valence electrons. The van der Waals surface area contributed by atoms with Crippen molar-refractivity contribution >= 4 is 57.3 Å². The van der Waals surface area contributed by atoms with Crippen molar-refractivity contribution in [3.8, 4) is 23.3 Å². The van der Waals surface area contributed by atoms with E-state index in [9.17, 15) is 50.2 Å². The van der Waals surface area contributed by atoms with Crippen LogP contribution in [0, 0.1) is 34.1 Å². The molecule has 0 aliphatic heterocycles. The fourth-order valence-corrected chi connectivity index (χ4v) is 3.42. The first-order valence-electron chi connectivity index (χ1n) is 12.5. The molecule has 0 unspecified atom stereocenters. The molecule has 0 atom stereocenters. The second-order valence-corrected chi connectivity index (χ2v) is 9.01. The number of phenols is 2. The number of nitrogens with one attached hydrogen (secondary N) is 4. The Morgan fingerprint density at radius 3 is 1.30 bits per heavy atom. The number of non-ortho nitro benzene ring substituents is 2. The van der Waals surface area contributed by atoms with Gasteiger partial charge < -0.3 is 31.1 Å². The molecule has 2 amide bonds. The number of H-pyrrole nitrogens is 2. The van der Waals surface area contributed by atoms with Crippen LogP contribution in [0.1, 0.15) is 25.2 Å². The molecule has 0 spiro atoms. The number of hydrogen-bond acceptors (Lipinski definition) is 16. The summed E-state index contributed by atoms with van der Waals surface area (Å²) in [6.07, 6.45) is 0. The Hall–Kier alpha value is -6.47. The minimum atomic E-state index is -0.704. The number of carbonyl (C=O) groups is 2. The maximum Gasteiger partial charge on any atom is 0.274 e. The Balaban J connectivity index is 0.000000320. The molecule has 0 aliphatic rings. The van der Waals surface area contributed by atoms with Crippen LogP contribution in [0.2, 0.25) is 0 Å². The second-order valence-electron chi connectivity index (χ2n) is 9.01. The van der Waals surface area contributed by atoms with Crippen molar-refractivity contribution in [2.24, 2.45) is 20.5 Å². The van der Waals surface area contributed by atoms with Crippen LogP contribution in [-0.2, 0) is 27.0 Å². The first-order chi connectivity index (χ1) is 21.6. The number of nitro benzene ring substituents is 2. The quantitative estimate of drug-likeness (QED) is 0.0533. The number of anilines is 2. The maximum absolute atomic E-state index is 11.1. The molecule has 0 fully saturated rings. The summed E-state index contributed by atoms with van der Waals surface area (Å²) in [5, 5.41) is 92.2. The number of aryl methyl sites for hydroxylation is 2. The van der Waals surface area contributed by atoms with E-state index in [1.807, 2.05) is 0 Å². The smallest absolute Gasteiger partial charge is 0.274 e. The summed E-state index contributed by atoms with van der Waals surface area (Å²) in [4.78, 5) is 42.6. The van der Waals surface area contributed by atoms with E-state index in [0.29, 0.717) is 11.4 Å². The molecule has 4 aromatic rings. The zero-order chi connectivity index (χ0) is 34.3. The number of aromatic hydroxyl groups is 4. The van der Waals surface area contributed by atoms with E-state index in [4.69, 9.17) is 0 Å². The van der Waals surface area contributed by atoms with Gasteiger partial charge in [-0.05, 0) is 13.8 Å². The number of benzene rings is 2. The van der Waals surface area contributed by atoms with E-state index in [1.165, 1.54) is 13.8 Å². The van der Waals surface area contributed by atoms with Crippen molar-refractivity contribution in [3.05, 3.63) is 55.9 Å². The fourth-order valence-electron chi connectivity index (χ4n) is 3.42. The summed E-state index contributed by atoms with van der Waals surface area (Å²) < 4.78 is 0. The number of azo groups is 2. The number of hydrogen-bond donors (Lipinski definition) is 8. The van der Waals surface area contributed by atoms with Gasteiger partial charge in [-0.2, -0.15) is 10.2 Å². The normalized spacial score (nSPS) is 10.6. The SMILES string of the molecule is CC(=O)Nc1cc([N+](=O)[O-])cc(N=Nc2c(C)n[nH]c2O)c1O.CC(=O)Nc1cc([N+](=O)[O-])cc(N=Nc2c(C)n[nH]c2O)c1O.[Cr]. The van der Waals surface area contributed by atoms with Crippen LogP contribution in [0.15, 0.2) is 44.7 Å². The van der Waals surface area contributed by atoms with Gasteiger partial charge in [0.1, 0.15) is 11.4 Å². The van der Waals surface area contributed by atoms with Crippen molar-refractivity contribution in [1.29, 1.82) is 0 Å². The van der Waals surface area contributed by atoms with Gasteiger partial charge in [-0.15, -0.1) is 20.5 Å². The molecule has 23 heteroatoms. The zero-order valence-electron chi connectivity index (χ0n) is 24.5. The third kappa shape index (κ3) is 9.26. The van der Waals surface area contributed by atoms with Gasteiger partial charge in [0.25, 0.3) is 11.4 Å². The third-order valence-electron chi connectivity index (χ3n) is 5.50. The molecule has 4 rings (SSSR count). The Kier molecular flexibility index (Phi) is 12.1. The van der Waals surface area contributed by atoms with Gasteiger partial charge in [0.2, 0.25) is 23.6 Å². The molecule has 0 saturated heterocycles. The van der Waals surface area contributed by atoms with E-state index in [-0.39, 0.29) is 63.2 Å². The predicted octanol–water partition coefficient (Wildman–Crippen LogP) is 4.82. The Labute approximate surface area is 272 Å². The van der Waals surface area contributed by atoms with Gasteiger partial charge >= 0.3 is 0 Å². The van der Waals surface area contributed by atoms with E-state index < -0.39 is 44.5 Å². The van der Waals surface area contributed by atoms with Gasteiger partial charge in [0, 0.05) is 55.5 Å². The molecule has 0 radical (unpaired) electrons. The van der Waals surface area contributed by atoms with Gasteiger partial charge in [-0.1, -0.05) is 0 Å². The Morgan fingerprint density at radius 2 is 1.04 bits per heavy atom. The average Bonchev–Trinajstić information content (AvgIpc) is 3.47. The van der Waals surface area contributed by atoms with Crippen molar-refractivity contribution < 1.29 is 57.2 Å². The summed E-state index contributed by atoms with van der Waals surface area (Å²) in [6.45, 7) is 5.49. The topological polar surface area (TPSA) is 332 Å². The van der Waals surface area contributed by atoms with Gasteiger partial charge in [-0.3, -0.25) is 29.8 Å². The Bertz CT molecular complexity index is 1730. The summed E-state index contributed by atoms with van der Waals surface area (Å²) in [5.74, 6) is -2.69. The number of rotatable bonds is 8. The van der Waals surface area contributed by atoms with E-state index in [0.717, 1.165) is 24.3 Å². The van der Waals surface area contributed by atoms with Gasteiger partial charge in [-0.25, -0.2) is 10.2 Å². The molecule has 0 aliphatic carbocycles. The van der Waals surface area contributed by atoms with Crippen LogP contribution in [0.4, 0.5) is 45.5 Å². The summed E-state index contributed by atoms with van der Waals surface area (Å²) >= 11 is 0. The minimum Gasteiger partial charge on any atom is -0.504 e. The molecule has 2 aromatic heterocycles. The number of phenolic OH excluding ortho intramolecular Hbond substituents is 2. The van der Waals surface area contributed by atoms with Crippen molar-refractivity contribution in [2.75, 3.05) is 10.6 Å². The summed E-state index contributed by atoms with van der Waals surface area (Å²) in [7, 11) is 0. The molecule has 47 heavy (non-hydrogen) atoms. The van der Waals surface area contributed by atoms with Crippen LogP contribution >= 0.6 is 0 Å². The van der Waals surface area contributed by atoms with Crippen LogP contribution in [0.25, 0.3) is 0 Å². The second kappa shape index (κ2) is 15.5. The number of aromatic amines is 2.